The molecule has 0 bridgehead atoms. The molecule has 0 aliphatic heterocycles. The molecule has 0 atom stereocenters. The van der Waals surface area contributed by atoms with Crippen LogP contribution < -0.4 is 5.32 Å². The van der Waals surface area contributed by atoms with Crippen molar-refractivity contribution in [2.24, 2.45) is 0 Å². The summed E-state index contributed by atoms with van der Waals surface area (Å²) in [4.78, 5) is 25.1. The van der Waals surface area contributed by atoms with Gasteiger partial charge in [-0.3, -0.25) is 4.79 Å². The van der Waals surface area contributed by atoms with Gasteiger partial charge in [0.25, 0.3) is 5.91 Å². The summed E-state index contributed by atoms with van der Waals surface area (Å²) < 4.78 is 48.8. The van der Waals surface area contributed by atoms with Crippen molar-refractivity contribution in [2.45, 2.75) is 33.9 Å². The van der Waals surface area contributed by atoms with Crippen molar-refractivity contribution in [3.63, 3.8) is 0 Å². The number of rotatable bonds is 6. The molecule has 4 aromatic rings. The number of nitrogens with zero attached hydrogens (tertiary/aromatic N) is 3. The molecular formula is C27H25F3N4O3. The molecule has 1 amide bonds. The van der Waals surface area contributed by atoms with Crippen LogP contribution in [0.15, 0.2) is 60.8 Å². The van der Waals surface area contributed by atoms with Crippen LogP contribution in [0.5, 0.6) is 0 Å². The molecule has 0 aliphatic rings. The minimum absolute atomic E-state index is 0.0369. The first-order valence-electron chi connectivity index (χ1n) is 11.5. The monoisotopic (exact) mass is 510 g/mol. The lowest BCUT2D eigenvalue weighted by Crippen LogP contribution is -2.15. The second kappa shape index (κ2) is 9.96. The smallest absolute Gasteiger partial charge is 0.418 e. The molecule has 37 heavy (non-hydrogen) atoms. The number of alkyl halides is 3. The molecule has 0 radical (unpaired) electrons. The fourth-order valence-corrected chi connectivity index (χ4v) is 4.17. The summed E-state index contributed by atoms with van der Waals surface area (Å²) in [6.45, 7) is 6.96. The number of benzene rings is 2. The minimum atomic E-state index is -4.53. The minimum Gasteiger partial charge on any atom is -0.462 e. The van der Waals surface area contributed by atoms with Gasteiger partial charge in [-0.1, -0.05) is 12.1 Å². The maximum absolute atomic E-state index is 13.6. The number of ether oxygens (including phenoxy) is 1. The fraction of sp³-hybridized carbons (Fsp3) is 0.222. The Hall–Kier alpha value is -4.34. The molecule has 10 heteroatoms. The number of esters is 1. The summed E-state index contributed by atoms with van der Waals surface area (Å²) in [5, 5.41) is 7.13. The van der Waals surface area contributed by atoms with Gasteiger partial charge in [0.2, 0.25) is 0 Å². The van der Waals surface area contributed by atoms with E-state index in [-0.39, 0.29) is 17.9 Å². The lowest BCUT2D eigenvalue weighted by Gasteiger charge is -2.16. The first kappa shape index (κ1) is 25.7. The van der Waals surface area contributed by atoms with E-state index in [2.05, 4.69) is 10.4 Å². The van der Waals surface area contributed by atoms with E-state index >= 15 is 0 Å². The molecule has 0 aliphatic carbocycles. The van der Waals surface area contributed by atoms with Crippen LogP contribution in [0.2, 0.25) is 0 Å². The molecule has 2 aromatic heterocycles. The highest BCUT2D eigenvalue weighted by Gasteiger charge is 2.34. The van der Waals surface area contributed by atoms with Gasteiger partial charge < -0.3 is 14.6 Å². The highest BCUT2D eigenvalue weighted by atomic mass is 19.4. The third kappa shape index (κ3) is 5.13. The van der Waals surface area contributed by atoms with Gasteiger partial charge in [0, 0.05) is 23.3 Å². The van der Waals surface area contributed by atoms with Gasteiger partial charge >= 0.3 is 12.1 Å². The highest BCUT2D eigenvalue weighted by Crippen LogP contribution is 2.35. The average molecular weight is 511 g/mol. The molecule has 7 nitrogen and oxygen atoms in total. The largest absolute Gasteiger partial charge is 0.462 e. The number of nitrogens with one attached hydrogen (secondary N) is 1. The third-order valence-electron chi connectivity index (χ3n) is 5.91. The van der Waals surface area contributed by atoms with Gasteiger partial charge in [-0.15, -0.1) is 0 Å². The highest BCUT2D eigenvalue weighted by molar-refractivity contribution is 6.05. The van der Waals surface area contributed by atoms with Crippen molar-refractivity contribution in [1.29, 1.82) is 0 Å². The predicted molar refractivity (Wildman–Crippen MR) is 132 cm³/mol. The zero-order valence-corrected chi connectivity index (χ0v) is 20.7. The Labute approximate surface area is 211 Å². The van der Waals surface area contributed by atoms with E-state index in [1.54, 1.807) is 68.9 Å². The van der Waals surface area contributed by atoms with Gasteiger partial charge in [-0.2, -0.15) is 18.3 Å². The van der Waals surface area contributed by atoms with E-state index in [1.807, 2.05) is 0 Å². The average Bonchev–Trinajstić information content (AvgIpc) is 3.38. The number of aryl methyl sites for hydroxylation is 2. The maximum atomic E-state index is 13.6. The van der Waals surface area contributed by atoms with Crippen molar-refractivity contribution in [2.75, 3.05) is 11.9 Å². The fourth-order valence-electron chi connectivity index (χ4n) is 4.17. The van der Waals surface area contributed by atoms with Crippen molar-refractivity contribution >= 4 is 17.6 Å². The molecule has 1 N–H and O–H groups in total. The van der Waals surface area contributed by atoms with Gasteiger partial charge in [0.1, 0.15) is 5.56 Å². The lowest BCUT2D eigenvalue weighted by molar-refractivity contribution is -0.137. The number of hydrogen-bond donors (Lipinski definition) is 1. The predicted octanol–water partition coefficient (Wildman–Crippen LogP) is 6.04. The molecule has 2 heterocycles. The number of aromatic nitrogens is 3. The zero-order chi connectivity index (χ0) is 26.9. The van der Waals surface area contributed by atoms with E-state index in [4.69, 9.17) is 4.74 Å². The van der Waals surface area contributed by atoms with Gasteiger partial charge in [0.15, 0.2) is 0 Å². The van der Waals surface area contributed by atoms with Gasteiger partial charge in [-0.25, -0.2) is 9.48 Å². The number of amides is 1. The second-order valence-electron chi connectivity index (χ2n) is 8.43. The van der Waals surface area contributed by atoms with Crippen LogP contribution in [-0.2, 0) is 10.9 Å². The Morgan fingerprint density at radius 3 is 2.32 bits per heavy atom. The molecule has 0 unspecified atom stereocenters. The Morgan fingerprint density at radius 1 is 1.00 bits per heavy atom. The first-order chi connectivity index (χ1) is 17.5. The van der Waals surface area contributed by atoms with E-state index in [0.717, 1.165) is 6.07 Å². The maximum Gasteiger partial charge on any atom is 0.418 e. The van der Waals surface area contributed by atoms with Crippen LogP contribution in [0.4, 0.5) is 18.9 Å². The van der Waals surface area contributed by atoms with E-state index in [0.29, 0.717) is 34.0 Å². The Morgan fingerprint density at radius 2 is 1.68 bits per heavy atom. The summed E-state index contributed by atoms with van der Waals surface area (Å²) in [7, 11) is 0. The normalized spacial score (nSPS) is 11.4. The van der Waals surface area contributed by atoms with Crippen LogP contribution in [0.3, 0.4) is 0 Å². The summed E-state index contributed by atoms with van der Waals surface area (Å²) in [5.74, 6) is -0.901. The van der Waals surface area contributed by atoms with Crippen LogP contribution in [-0.4, -0.2) is 32.8 Å². The van der Waals surface area contributed by atoms with Crippen molar-refractivity contribution in [1.82, 2.24) is 14.3 Å². The molecule has 0 spiro atoms. The van der Waals surface area contributed by atoms with Crippen molar-refractivity contribution in [3.8, 4) is 11.4 Å². The second-order valence-corrected chi connectivity index (χ2v) is 8.43. The topological polar surface area (TPSA) is 78.1 Å². The van der Waals surface area contributed by atoms with Crippen LogP contribution in [0.25, 0.3) is 11.4 Å². The van der Waals surface area contributed by atoms with E-state index in [1.165, 1.54) is 22.8 Å². The molecule has 192 valence electrons. The number of para-hydroxylation sites is 1. The summed E-state index contributed by atoms with van der Waals surface area (Å²) in [6, 6.07) is 13.6. The third-order valence-corrected chi connectivity index (χ3v) is 5.91. The SMILES string of the molecule is CCOC(=O)c1cn(-c2ccc(NC(=O)c3cc(C)n(-c4ccccc4C(F)(F)F)c3C)cc2)nc1C. The van der Waals surface area contributed by atoms with Crippen LogP contribution in [0, 0.1) is 20.8 Å². The first-order valence-corrected chi connectivity index (χ1v) is 11.5. The Bertz CT molecular complexity index is 1470. The molecule has 2 aromatic carbocycles. The molecule has 0 fully saturated rings. The molecule has 0 saturated carbocycles. The zero-order valence-electron chi connectivity index (χ0n) is 20.7. The number of hydrogen-bond acceptors (Lipinski definition) is 4. The molecule has 0 saturated heterocycles. The van der Waals surface area contributed by atoms with Crippen LogP contribution >= 0.6 is 0 Å². The summed E-state index contributed by atoms with van der Waals surface area (Å²) in [5.41, 5.74) is 2.38. The van der Waals surface area contributed by atoms with Crippen molar-refractivity contribution < 1.29 is 27.5 Å². The Balaban J connectivity index is 1.56. The quantitative estimate of drug-likeness (QED) is 0.321. The number of halogens is 3. The van der Waals surface area contributed by atoms with E-state index in [9.17, 15) is 22.8 Å². The summed E-state index contributed by atoms with van der Waals surface area (Å²) >= 11 is 0. The van der Waals surface area contributed by atoms with Gasteiger partial charge in [-0.05, 0) is 70.2 Å². The standard InChI is InChI=1S/C27H25F3N4O3/c1-5-37-26(36)22-15-33(32-17(22)3)20-12-10-19(11-13-20)31-25(35)21-14-16(2)34(18(21)4)24-9-7-6-8-23(24)27(28,29)30/h6-15H,5H2,1-4H3,(H,31,35). The molecular weight excluding hydrogens is 485 g/mol. The lowest BCUT2D eigenvalue weighted by atomic mass is 10.1. The number of anilines is 1. The summed E-state index contributed by atoms with van der Waals surface area (Å²) in [6.07, 6.45) is -2.96. The van der Waals surface area contributed by atoms with Crippen molar-refractivity contribution in [3.05, 3.63) is 94.6 Å². The Kier molecular flexibility index (Phi) is 6.93. The van der Waals surface area contributed by atoms with Gasteiger partial charge in [0.05, 0.1) is 34.8 Å². The molecule has 4 rings (SSSR count). The number of carbonyl (C=O) groups is 2. The number of carbonyl (C=O) groups excluding carboxylic acids is 2. The van der Waals surface area contributed by atoms with E-state index < -0.39 is 23.6 Å². The van der Waals surface area contributed by atoms with Crippen LogP contribution in [0.1, 0.15) is 50.3 Å².